The third-order valence-electron chi connectivity index (χ3n) is 5.32. The monoisotopic (exact) mass is 492 g/mol. The Balaban J connectivity index is 1.61. The second-order valence-electron chi connectivity index (χ2n) is 8.20. The second kappa shape index (κ2) is 10.9. The number of aliphatic hydroxyl groups excluding tert-OH is 3. The van der Waals surface area contributed by atoms with Crippen LogP contribution in [0, 0.1) is 13.8 Å². The molecule has 0 spiro atoms. The van der Waals surface area contributed by atoms with Gasteiger partial charge in [-0.3, -0.25) is 9.88 Å². The molecular weight excluding hydrogens is 464 g/mol. The van der Waals surface area contributed by atoms with E-state index in [0.29, 0.717) is 22.4 Å². The fourth-order valence-corrected chi connectivity index (χ4v) is 3.55. The van der Waals surface area contributed by atoms with Crippen LogP contribution in [-0.4, -0.2) is 67.9 Å². The van der Waals surface area contributed by atoms with Gasteiger partial charge in [0.25, 0.3) is 0 Å². The molecule has 1 aliphatic rings. The molecule has 1 aliphatic heterocycles. The number of hydrogen-bond acceptors (Lipinski definition) is 11. The summed E-state index contributed by atoms with van der Waals surface area (Å²) in [6, 6.07) is 3.92. The lowest BCUT2D eigenvalue weighted by molar-refractivity contribution is -0.135. The summed E-state index contributed by atoms with van der Waals surface area (Å²) < 4.78 is 16.7. The van der Waals surface area contributed by atoms with E-state index < -0.39 is 54.9 Å². The van der Waals surface area contributed by atoms with Crippen LogP contribution in [0.25, 0.3) is 0 Å². The van der Waals surface area contributed by atoms with Crippen molar-refractivity contribution < 1.29 is 39.1 Å². The molecule has 0 aliphatic carbocycles. The molecule has 5 atom stereocenters. The van der Waals surface area contributed by atoms with E-state index in [1.165, 1.54) is 19.2 Å². The van der Waals surface area contributed by atoms with Gasteiger partial charge < -0.3 is 35.3 Å². The number of rotatable bonds is 7. The molecule has 0 bridgehead atoms. The molecule has 35 heavy (non-hydrogen) atoms. The predicted octanol–water partition coefficient (Wildman–Crippen LogP) is -0.527. The number of carbonyl (C=O) groups excluding carboxylic acids is 2. The molecule has 2 heterocycles. The van der Waals surface area contributed by atoms with Crippen LogP contribution in [0.1, 0.15) is 29.8 Å². The summed E-state index contributed by atoms with van der Waals surface area (Å²) in [5, 5.41) is 31.4. The van der Waals surface area contributed by atoms with E-state index in [9.17, 15) is 29.7 Å². The number of nitrogens with zero attached hydrogens (tertiary/aromatic N) is 2. The SMILES string of the molecule is Cc1cc(COC(=O)Nc2ccn([C@@H]3O[C@H](CO)[C@@H](O)[C@@H]3O)c(=O)n2)cc(C)c1OC(=O)C(C)N. The normalized spacial score (nSPS) is 22.5. The lowest BCUT2D eigenvalue weighted by Gasteiger charge is -2.17. The Bertz CT molecular complexity index is 1130. The maximum atomic E-state index is 12.3. The maximum Gasteiger partial charge on any atom is 0.413 e. The highest BCUT2D eigenvalue weighted by Crippen LogP contribution is 2.28. The number of hydrogen-bond donors (Lipinski definition) is 5. The molecule has 1 aromatic heterocycles. The van der Waals surface area contributed by atoms with Gasteiger partial charge in [-0.15, -0.1) is 0 Å². The minimum absolute atomic E-state index is 0.103. The number of benzene rings is 1. The summed E-state index contributed by atoms with van der Waals surface area (Å²) in [4.78, 5) is 40.0. The molecule has 13 nitrogen and oxygen atoms in total. The standard InChI is InChI=1S/C22H28N4O9/c1-10-6-13(7-11(2)18(10)35-20(30)12(3)23)9-33-22(32)25-15-4-5-26(21(31)24-15)19-17(29)16(28)14(8-27)34-19/h4-7,12,14,16-17,19,27-29H,8-9,23H2,1-3H3,(H,24,25,31,32)/t12?,14-,16-,17+,19-/m1/s1. The molecule has 6 N–H and O–H groups in total. The van der Waals surface area contributed by atoms with Crippen molar-refractivity contribution in [2.45, 2.75) is 58.0 Å². The van der Waals surface area contributed by atoms with Gasteiger partial charge >= 0.3 is 17.8 Å². The fraction of sp³-hybridized carbons (Fsp3) is 0.455. The Morgan fingerprint density at radius 2 is 1.91 bits per heavy atom. The van der Waals surface area contributed by atoms with Crippen LogP contribution in [0.2, 0.25) is 0 Å². The van der Waals surface area contributed by atoms with Gasteiger partial charge in [-0.25, -0.2) is 14.4 Å². The van der Waals surface area contributed by atoms with Gasteiger partial charge in [0.2, 0.25) is 0 Å². The van der Waals surface area contributed by atoms with Gasteiger partial charge in [-0.05, 0) is 55.7 Å². The van der Waals surface area contributed by atoms with E-state index >= 15 is 0 Å². The molecule has 190 valence electrons. The first-order valence-electron chi connectivity index (χ1n) is 10.7. The van der Waals surface area contributed by atoms with Crippen molar-refractivity contribution in [1.82, 2.24) is 9.55 Å². The van der Waals surface area contributed by atoms with Gasteiger partial charge in [0.15, 0.2) is 6.23 Å². The highest BCUT2D eigenvalue weighted by molar-refractivity contribution is 5.83. The Kier molecular flexibility index (Phi) is 8.19. The quantitative estimate of drug-likeness (QED) is 0.246. The third-order valence-corrected chi connectivity index (χ3v) is 5.32. The minimum Gasteiger partial charge on any atom is -0.444 e. The number of amides is 1. The lowest BCUT2D eigenvalue weighted by atomic mass is 10.1. The number of anilines is 1. The third kappa shape index (κ3) is 6.01. The van der Waals surface area contributed by atoms with Gasteiger partial charge in [-0.2, -0.15) is 4.98 Å². The fourth-order valence-electron chi connectivity index (χ4n) is 3.55. The molecule has 0 saturated carbocycles. The number of ether oxygens (including phenoxy) is 3. The van der Waals surface area contributed by atoms with Gasteiger partial charge in [0.05, 0.1) is 6.61 Å². The van der Waals surface area contributed by atoms with Crippen molar-refractivity contribution in [3.8, 4) is 5.75 Å². The van der Waals surface area contributed by atoms with Crippen molar-refractivity contribution in [2.75, 3.05) is 11.9 Å². The zero-order valence-electron chi connectivity index (χ0n) is 19.4. The van der Waals surface area contributed by atoms with Crippen LogP contribution in [0.3, 0.4) is 0 Å². The van der Waals surface area contributed by atoms with Crippen molar-refractivity contribution in [3.63, 3.8) is 0 Å². The summed E-state index contributed by atoms with van der Waals surface area (Å²) in [5.41, 5.74) is 6.63. The van der Waals surface area contributed by atoms with E-state index in [1.807, 2.05) is 0 Å². The maximum absolute atomic E-state index is 12.3. The van der Waals surface area contributed by atoms with Crippen LogP contribution < -0.4 is 21.5 Å². The molecule has 13 heteroatoms. The largest absolute Gasteiger partial charge is 0.444 e. The van der Waals surface area contributed by atoms with E-state index in [4.69, 9.17) is 19.9 Å². The molecule has 1 fully saturated rings. The summed E-state index contributed by atoms with van der Waals surface area (Å²) in [7, 11) is 0. The number of nitrogens with one attached hydrogen (secondary N) is 1. The first-order chi connectivity index (χ1) is 16.5. The molecule has 1 amide bonds. The Morgan fingerprint density at radius 1 is 1.26 bits per heavy atom. The number of aromatic nitrogens is 2. The number of aliphatic hydroxyl groups is 3. The molecule has 1 saturated heterocycles. The zero-order chi connectivity index (χ0) is 25.9. The van der Waals surface area contributed by atoms with E-state index in [-0.39, 0.29) is 12.4 Å². The summed E-state index contributed by atoms with van der Waals surface area (Å²) >= 11 is 0. The Morgan fingerprint density at radius 3 is 2.46 bits per heavy atom. The number of nitrogens with two attached hydrogens (primary N) is 1. The average Bonchev–Trinajstić information content (AvgIpc) is 3.08. The van der Waals surface area contributed by atoms with Crippen molar-refractivity contribution in [2.24, 2.45) is 5.73 Å². The highest BCUT2D eigenvalue weighted by Gasteiger charge is 2.43. The van der Waals surface area contributed by atoms with Crippen molar-refractivity contribution in [3.05, 3.63) is 51.6 Å². The zero-order valence-corrected chi connectivity index (χ0v) is 19.4. The molecular formula is C22H28N4O9. The first kappa shape index (κ1) is 26.2. The number of esters is 1. The minimum atomic E-state index is -1.45. The Hall–Kier alpha value is -3.36. The summed E-state index contributed by atoms with van der Waals surface area (Å²) in [5.74, 6) is -0.277. The topological polar surface area (TPSA) is 195 Å². The van der Waals surface area contributed by atoms with Gasteiger partial charge in [-0.1, -0.05) is 0 Å². The first-order valence-corrected chi connectivity index (χ1v) is 10.7. The van der Waals surface area contributed by atoms with Gasteiger partial charge in [0.1, 0.15) is 42.5 Å². The molecule has 3 rings (SSSR count). The average molecular weight is 492 g/mol. The smallest absolute Gasteiger partial charge is 0.413 e. The van der Waals surface area contributed by atoms with Crippen LogP contribution in [-0.2, 0) is 20.9 Å². The van der Waals surface area contributed by atoms with Gasteiger partial charge in [0, 0.05) is 6.20 Å². The van der Waals surface area contributed by atoms with E-state index in [0.717, 1.165) is 4.57 Å². The van der Waals surface area contributed by atoms with Crippen molar-refractivity contribution >= 4 is 17.9 Å². The number of carbonyl (C=O) groups is 2. The van der Waals surface area contributed by atoms with E-state index in [2.05, 4.69) is 10.3 Å². The second-order valence-corrected chi connectivity index (χ2v) is 8.20. The molecule has 1 aromatic carbocycles. The summed E-state index contributed by atoms with van der Waals surface area (Å²) in [6.07, 6.45) is -4.76. The van der Waals surface area contributed by atoms with Crippen LogP contribution in [0.15, 0.2) is 29.2 Å². The summed E-state index contributed by atoms with van der Waals surface area (Å²) in [6.45, 7) is 4.36. The van der Waals surface area contributed by atoms with Crippen LogP contribution in [0.4, 0.5) is 10.6 Å². The Labute approximate surface area is 200 Å². The molecule has 1 unspecified atom stereocenters. The highest BCUT2D eigenvalue weighted by atomic mass is 16.6. The molecule has 2 aromatic rings. The van der Waals surface area contributed by atoms with E-state index in [1.54, 1.807) is 26.0 Å². The molecule has 0 radical (unpaired) electrons. The van der Waals surface area contributed by atoms with Crippen molar-refractivity contribution in [1.29, 1.82) is 0 Å². The predicted molar refractivity (Wildman–Crippen MR) is 121 cm³/mol. The lowest BCUT2D eigenvalue weighted by Crippen LogP contribution is -2.36. The van der Waals surface area contributed by atoms with Crippen LogP contribution >= 0.6 is 0 Å². The number of aryl methyl sites for hydroxylation is 2. The van der Waals surface area contributed by atoms with Crippen LogP contribution in [0.5, 0.6) is 5.75 Å².